The molecule has 0 amide bonds. The second kappa shape index (κ2) is 10.9. The Bertz CT molecular complexity index is 1340. The number of benzene rings is 1. The number of hydrogen-bond donors (Lipinski definition) is 1. The fourth-order valence-corrected chi connectivity index (χ4v) is 4.41. The van der Waals surface area contributed by atoms with Crippen molar-refractivity contribution in [2.75, 3.05) is 27.2 Å². The van der Waals surface area contributed by atoms with Crippen LogP contribution in [0.2, 0.25) is 0 Å². The molecule has 36 heavy (non-hydrogen) atoms. The van der Waals surface area contributed by atoms with Gasteiger partial charge in [-0.15, -0.1) is 0 Å². The molecular weight excluding hydrogens is 450 g/mol. The van der Waals surface area contributed by atoms with E-state index in [1.807, 2.05) is 34.7 Å². The minimum absolute atomic E-state index is 0.594. The van der Waals surface area contributed by atoms with Gasteiger partial charge in [-0.05, 0) is 82.7 Å². The molecule has 5 rings (SSSR count). The number of rotatable bonds is 4. The van der Waals surface area contributed by atoms with Crippen molar-refractivity contribution in [3.63, 3.8) is 0 Å². The Morgan fingerprint density at radius 3 is 2.22 bits per heavy atom. The summed E-state index contributed by atoms with van der Waals surface area (Å²) in [4.78, 5) is 11.2. The maximum Gasteiger partial charge on any atom is 0.145 e. The van der Waals surface area contributed by atoms with E-state index in [0.29, 0.717) is 17.0 Å². The van der Waals surface area contributed by atoms with Crippen LogP contribution in [0, 0.1) is 11.3 Å². The SMILES string of the molecule is CN1CCCCC1.COc1cc(-c2ccc(C#N)cc2)c(-c2ccc(C(C)(C)O)nc2)n2cncc12. The predicted molar refractivity (Wildman–Crippen MR) is 142 cm³/mol. The van der Waals surface area contributed by atoms with Crippen LogP contribution in [0.5, 0.6) is 5.75 Å². The van der Waals surface area contributed by atoms with Crippen molar-refractivity contribution in [2.45, 2.75) is 38.7 Å². The number of ether oxygens (including phenoxy) is 1. The molecule has 1 aromatic carbocycles. The third kappa shape index (κ3) is 5.56. The van der Waals surface area contributed by atoms with Crippen LogP contribution in [0.3, 0.4) is 0 Å². The quantitative estimate of drug-likeness (QED) is 0.425. The predicted octanol–water partition coefficient (Wildman–Crippen LogP) is 5.27. The Hall–Kier alpha value is -3.73. The molecule has 0 aliphatic carbocycles. The molecule has 186 valence electrons. The number of aliphatic hydroxyl groups is 1. The van der Waals surface area contributed by atoms with Crippen LogP contribution in [0.25, 0.3) is 27.9 Å². The van der Waals surface area contributed by atoms with E-state index in [-0.39, 0.29) is 0 Å². The van der Waals surface area contributed by atoms with Crippen molar-refractivity contribution in [1.29, 1.82) is 5.26 Å². The molecule has 0 saturated carbocycles. The van der Waals surface area contributed by atoms with Gasteiger partial charge in [-0.25, -0.2) is 4.98 Å². The lowest BCUT2D eigenvalue weighted by molar-refractivity contribution is 0.0739. The number of hydrogen-bond acceptors (Lipinski definition) is 6. The van der Waals surface area contributed by atoms with Gasteiger partial charge in [0.25, 0.3) is 0 Å². The highest BCUT2D eigenvalue weighted by molar-refractivity contribution is 5.86. The number of fused-ring (bicyclic) bond motifs is 1. The first-order valence-electron chi connectivity index (χ1n) is 12.2. The smallest absolute Gasteiger partial charge is 0.145 e. The summed E-state index contributed by atoms with van der Waals surface area (Å²) in [5.41, 5.74) is 4.67. The Morgan fingerprint density at radius 2 is 1.69 bits per heavy atom. The molecule has 4 heterocycles. The molecule has 0 atom stereocenters. The topological polar surface area (TPSA) is 86.7 Å². The fraction of sp³-hybridized carbons (Fsp3) is 0.345. The third-order valence-corrected chi connectivity index (χ3v) is 6.45. The first-order valence-corrected chi connectivity index (χ1v) is 12.2. The third-order valence-electron chi connectivity index (χ3n) is 6.45. The molecule has 1 aliphatic rings. The zero-order valence-electron chi connectivity index (χ0n) is 21.4. The molecule has 0 unspecified atom stereocenters. The number of aromatic nitrogens is 3. The Morgan fingerprint density at radius 1 is 1.00 bits per heavy atom. The second-order valence-corrected chi connectivity index (χ2v) is 9.67. The molecule has 1 fully saturated rings. The van der Waals surface area contributed by atoms with Crippen LogP contribution in [0.1, 0.15) is 44.4 Å². The molecule has 7 nitrogen and oxygen atoms in total. The maximum atomic E-state index is 10.2. The van der Waals surface area contributed by atoms with E-state index < -0.39 is 5.60 Å². The standard InChI is InChI=1S/C23H20N4O2.C6H13N/c1-23(2,28)21-9-8-17(12-26-21)22-18(16-6-4-15(11-24)5-7-16)10-20(29-3)19-13-25-14-27(19)22;1-7-5-3-2-4-6-7/h4-10,12-14,28H,1-3H3;2-6H2,1H3. The van der Waals surface area contributed by atoms with E-state index in [9.17, 15) is 5.11 Å². The van der Waals surface area contributed by atoms with Gasteiger partial charge in [0.1, 0.15) is 16.9 Å². The van der Waals surface area contributed by atoms with E-state index in [2.05, 4.69) is 28.0 Å². The minimum Gasteiger partial charge on any atom is -0.494 e. The molecule has 1 aliphatic heterocycles. The molecule has 1 N–H and O–H groups in total. The number of methoxy groups -OCH3 is 1. The van der Waals surface area contributed by atoms with Gasteiger partial charge in [0.2, 0.25) is 0 Å². The lowest BCUT2D eigenvalue weighted by Gasteiger charge is -2.20. The van der Waals surface area contributed by atoms with Crippen molar-refractivity contribution in [1.82, 2.24) is 19.3 Å². The van der Waals surface area contributed by atoms with E-state index in [1.54, 1.807) is 51.8 Å². The highest BCUT2D eigenvalue weighted by Crippen LogP contribution is 2.37. The van der Waals surface area contributed by atoms with Crippen molar-refractivity contribution in [3.05, 3.63) is 72.4 Å². The number of nitrogens with zero attached hydrogens (tertiary/aromatic N) is 5. The Kier molecular flexibility index (Phi) is 7.68. The average molecular weight is 484 g/mol. The molecule has 0 radical (unpaired) electrons. The normalized spacial score (nSPS) is 14.1. The fourth-order valence-electron chi connectivity index (χ4n) is 4.41. The van der Waals surface area contributed by atoms with Crippen LogP contribution in [0.4, 0.5) is 0 Å². The molecule has 0 bridgehead atoms. The summed E-state index contributed by atoms with van der Waals surface area (Å²) in [6, 6.07) is 15.3. The Balaban J connectivity index is 0.000000375. The molecule has 4 aromatic rings. The van der Waals surface area contributed by atoms with Crippen molar-refractivity contribution in [2.24, 2.45) is 0 Å². The summed E-state index contributed by atoms with van der Waals surface area (Å²) in [5.74, 6) is 0.701. The summed E-state index contributed by atoms with van der Waals surface area (Å²) >= 11 is 0. The van der Waals surface area contributed by atoms with Gasteiger partial charge in [0.05, 0.1) is 42.7 Å². The summed E-state index contributed by atoms with van der Waals surface area (Å²) in [7, 11) is 3.82. The van der Waals surface area contributed by atoms with Gasteiger partial charge in [-0.1, -0.05) is 18.6 Å². The molecule has 1 saturated heterocycles. The highest BCUT2D eigenvalue weighted by Gasteiger charge is 2.20. The molecule has 7 heteroatoms. The number of likely N-dealkylation sites (tertiary alicyclic amines) is 1. The zero-order valence-corrected chi connectivity index (χ0v) is 21.4. The summed E-state index contributed by atoms with van der Waals surface area (Å²) in [5, 5.41) is 19.3. The number of nitriles is 1. The van der Waals surface area contributed by atoms with Gasteiger partial charge < -0.3 is 14.7 Å². The van der Waals surface area contributed by atoms with Gasteiger partial charge in [0.15, 0.2) is 0 Å². The van der Waals surface area contributed by atoms with E-state index >= 15 is 0 Å². The van der Waals surface area contributed by atoms with Gasteiger partial charge in [0, 0.05) is 17.3 Å². The first kappa shape index (κ1) is 25.4. The molecule has 0 spiro atoms. The largest absolute Gasteiger partial charge is 0.494 e. The van der Waals surface area contributed by atoms with Crippen LogP contribution in [-0.2, 0) is 5.60 Å². The summed E-state index contributed by atoms with van der Waals surface area (Å²) in [6.45, 7) is 6.05. The van der Waals surface area contributed by atoms with Crippen LogP contribution in [0.15, 0.2) is 61.2 Å². The highest BCUT2D eigenvalue weighted by atomic mass is 16.5. The number of pyridine rings is 2. The molecule has 3 aromatic heterocycles. The minimum atomic E-state index is -1.02. The average Bonchev–Trinajstić information content (AvgIpc) is 3.38. The van der Waals surface area contributed by atoms with Crippen LogP contribution in [-0.4, -0.2) is 51.6 Å². The summed E-state index contributed by atoms with van der Waals surface area (Å²) < 4.78 is 7.55. The maximum absolute atomic E-state index is 10.2. The van der Waals surface area contributed by atoms with Crippen molar-refractivity contribution >= 4 is 5.52 Å². The number of piperidine rings is 1. The van der Waals surface area contributed by atoms with Gasteiger partial charge >= 0.3 is 0 Å². The lowest BCUT2D eigenvalue weighted by Crippen LogP contribution is -2.24. The van der Waals surface area contributed by atoms with Gasteiger partial charge in [-0.3, -0.25) is 9.38 Å². The Labute approximate surface area is 212 Å². The molecular formula is C29H33N5O2. The number of imidazole rings is 1. The van der Waals surface area contributed by atoms with Crippen molar-refractivity contribution < 1.29 is 9.84 Å². The van der Waals surface area contributed by atoms with Gasteiger partial charge in [-0.2, -0.15) is 5.26 Å². The summed E-state index contributed by atoms with van der Waals surface area (Å²) in [6.07, 6.45) is 9.52. The van der Waals surface area contributed by atoms with E-state index in [1.165, 1.54) is 32.4 Å². The van der Waals surface area contributed by atoms with E-state index in [0.717, 1.165) is 27.9 Å². The zero-order chi connectivity index (χ0) is 25.7. The van der Waals surface area contributed by atoms with Crippen LogP contribution < -0.4 is 4.74 Å². The first-order chi connectivity index (χ1) is 17.3. The lowest BCUT2D eigenvalue weighted by atomic mass is 9.97. The second-order valence-electron chi connectivity index (χ2n) is 9.67. The van der Waals surface area contributed by atoms with Crippen molar-refractivity contribution in [3.8, 4) is 34.2 Å². The monoisotopic (exact) mass is 483 g/mol. The van der Waals surface area contributed by atoms with Crippen LogP contribution >= 0.6 is 0 Å². The van der Waals surface area contributed by atoms with E-state index in [4.69, 9.17) is 10.00 Å².